The third-order valence-electron chi connectivity index (χ3n) is 4.97. The van der Waals surface area contributed by atoms with Crippen LogP contribution in [0.5, 0.6) is 0 Å². The molecule has 5 nitrogen and oxygen atoms in total. The van der Waals surface area contributed by atoms with Gasteiger partial charge in [-0.05, 0) is 43.9 Å². The van der Waals surface area contributed by atoms with Gasteiger partial charge in [-0.1, -0.05) is 0 Å². The van der Waals surface area contributed by atoms with Crippen molar-refractivity contribution in [3.8, 4) is 0 Å². The number of aliphatic carboxylic acids is 1. The first-order valence-electron chi connectivity index (χ1n) is 6.61. The number of carboxylic acids is 1. The van der Waals surface area contributed by atoms with Crippen LogP contribution in [0.3, 0.4) is 0 Å². The van der Waals surface area contributed by atoms with E-state index in [1.54, 1.807) is 0 Å². The number of nitrogens with one attached hydrogen (secondary N) is 1. The second kappa shape index (κ2) is 3.62. The van der Waals surface area contributed by atoms with E-state index in [0.717, 1.165) is 32.1 Å². The maximum Gasteiger partial charge on any atom is 0.407 e. The molecule has 0 saturated heterocycles. The van der Waals surface area contributed by atoms with Crippen LogP contribution in [-0.2, 0) is 9.53 Å². The van der Waals surface area contributed by atoms with E-state index in [1.165, 1.54) is 7.05 Å². The van der Waals surface area contributed by atoms with Crippen LogP contribution in [0, 0.1) is 17.3 Å². The molecule has 4 aliphatic rings. The summed E-state index contributed by atoms with van der Waals surface area (Å²) in [6.07, 6.45) is 4.37. The number of alkyl carbamates (subject to hydrolysis) is 1. The number of hydrogen-bond acceptors (Lipinski definition) is 3. The van der Waals surface area contributed by atoms with Crippen molar-refractivity contribution in [2.75, 3.05) is 7.05 Å². The summed E-state index contributed by atoms with van der Waals surface area (Å²) in [6, 6.07) is 0. The van der Waals surface area contributed by atoms with Crippen molar-refractivity contribution >= 4 is 12.1 Å². The molecule has 4 rings (SSSR count). The number of hydrogen-bond donors (Lipinski definition) is 2. The zero-order valence-electron chi connectivity index (χ0n) is 10.6. The molecule has 5 heteroatoms. The summed E-state index contributed by atoms with van der Waals surface area (Å²) in [4.78, 5) is 23.1. The molecule has 2 N–H and O–H groups in total. The summed E-state index contributed by atoms with van der Waals surface area (Å²) < 4.78 is 5.56. The van der Waals surface area contributed by atoms with E-state index in [4.69, 9.17) is 4.74 Å². The van der Waals surface area contributed by atoms with E-state index in [2.05, 4.69) is 5.32 Å². The quantitative estimate of drug-likeness (QED) is 0.786. The predicted molar refractivity (Wildman–Crippen MR) is 63.0 cm³/mol. The van der Waals surface area contributed by atoms with E-state index < -0.39 is 23.1 Å². The van der Waals surface area contributed by atoms with Crippen LogP contribution in [0.25, 0.3) is 0 Å². The molecular weight excluding hydrogens is 234 g/mol. The maximum absolute atomic E-state index is 11.6. The van der Waals surface area contributed by atoms with Gasteiger partial charge in [0.2, 0.25) is 0 Å². The van der Waals surface area contributed by atoms with Crippen molar-refractivity contribution in [3.63, 3.8) is 0 Å². The lowest BCUT2D eigenvalue weighted by molar-refractivity contribution is -0.191. The molecule has 4 saturated carbocycles. The minimum absolute atomic E-state index is 0.409. The highest BCUT2D eigenvalue weighted by molar-refractivity contribution is 5.76. The third kappa shape index (κ3) is 1.60. The zero-order chi connectivity index (χ0) is 13.0. The fraction of sp³-hybridized carbons (Fsp3) is 0.846. The molecule has 0 aromatic rings. The molecule has 0 spiro atoms. The fourth-order valence-corrected chi connectivity index (χ4v) is 4.80. The molecule has 18 heavy (non-hydrogen) atoms. The molecule has 0 aromatic carbocycles. The van der Waals surface area contributed by atoms with Crippen molar-refractivity contribution in [2.45, 2.75) is 44.1 Å². The minimum Gasteiger partial charge on any atom is -0.481 e. The normalized spacial score (nSPS) is 44.7. The van der Waals surface area contributed by atoms with E-state index >= 15 is 0 Å². The molecule has 0 radical (unpaired) electrons. The van der Waals surface area contributed by atoms with Crippen molar-refractivity contribution in [3.05, 3.63) is 0 Å². The number of carbonyl (C=O) groups is 2. The van der Waals surface area contributed by atoms with E-state index in [1.807, 2.05) is 0 Å². The van der Waals surface area contributed by atoms with Gasteiger partial charge < -0.3 is 15.2 Å². The average Bonchev–Trinajstić information content (AvgIpc) is 2.26. The molecule has 0 aliphatic heterocycles. The smallest absolute Gasteiger partial charge is 0.407 e. The first-order chi connectivity index (χ1) is 8.47. The van der Waals surface area contributed by atoms with Gasteiger partial charge in [0.1, 0.15) is 5.60 Å². The Morgan fingerprint density at radius 2 is 1.83 bits per heavy atom. The summed E-state index contributed by atoms with van der Waals surface area (Å²) in [6.45, 7) is 0. The highest BCUT2D eigenvalue weighted by Gasteiger charge is 2.62. The standard InChI is InChI=1S/C13H19NO4/c1-14-11(17)18-13-5-8-2-9(6-13)4-12(3-8,7-13)10(15)16/h8-9H,2-7H2,1H3,(H,14,17)(H,15,16). The molecule has 1 amide bonds. The van der Waals surface area contributed by atoms with Crippen LogP contribution in [0.4, 0.5) is 4.79 Å². The van der Waals surface area contributed by atoms with Crippen LogP contribution in [0.15, 0.2) is 0 Å². The van der Waals surface area contributed by atoms with Gasteiger partial charge in [-0.2, -0.15) is 0 Å². The Morgan fingerprint density at radius 1 is 1.22 bits per heavy atom. The van der Waals surface area contributed by atoms with Crippen molar-refractivity contribution < 1.29 is 19.4 Å². The van der Waals surface area contributed by atoms with Crippen LogP contribution < -0.4 is 5.32 Å². The van der Waals surface area contributed by atoms with Crippen LogP contribution in [-0.4, -0.2) is 29.8 Å². The van der Waals surface area contributed by atoms with Crippen molar-refractivity contribution in [2.24, 2.45) is 17.3 Å². The Kier molecular flexibility index (Phi) is 2.37. The molecule has 0 heterocycles. The van der Waals surface area contributed by atoms with Gasteiger partial charge in [-0.15, -0.1) is 0 Å². The summed E-state index contributed by atoms with van der Waals surface area (Å²) in [5.41, 5.74) is -1.17. The largest absolute Gasteiger partial charge is 0.481 e. The van der Waals surface area contributed by atoms with Gasteiger partial charge in [0.15, 0.2) is 0 Å². The zero-order valence-corrected chi connectivity index (χ0v) is 10.6. The van der Waals surface area contributed by atoms with E-state index in [-0.39, 0.29) is 0 Å². The summed E-state index contributed by atoms with van der Waals surface area (Å²) in [5, 5.41) is 12.0. The topological polar surface area (TPSA) is 75.6 Å². The highest BCUT2D eigenvalue weighted by atomic mass is 16.6. The number of amides is 1. The average molecular weight is 253 g/mol. The fourth-order valence-electron chi connectivity index (χ4n) is 4.80. The Labute approximate surface area is 106 Å². The van der Waals surface area contributed by atoms with Gasteiger partial charge >= 0.3 is 12.1 Å². The van der Waals surface area contributed by atoms with Crippen LogP contribution >= 0.6 is 0 Å². The second-order valence-corrected chi connectivity index (χ2v) is 6.37. The monoisotopic (exact) mass is 253 g/mol. The summed E-state index contributed by atoms with van der Waals surface area (Å²) in [5.74, 6) is 0.112. The molecule has 4 fully saturated rings. The number of ether oxygens (including phenoxy) is 1. The number of carboxylic acid groups (broad SMARTS) is 1. The predicted octanol–water partition coefficient (Wildman–Crippen LogP) is 1.77. The van der Waals surface area contributed by atoms with E-state index in [9.17, 15) is 14.7 Å². The van der Waals surface area contributed by atoms with Crippen molar-refractivity contribution in [1.82, 2.24) is 5.32 Å². The molecular formula is C13H19NO4. The van der Waals surface area contributed by atoms with Gasteiger partial charge in [0.25, 0.3) is 0 Å². The number of rotatable bonds is 2. The Morgan fingerprint density at radius 3 is 2.33 bits per heavy atom. The van der Waals surface area contributed by atoms with Crippen LogP contribution in [0.1, 0.15) is 38.5 Å². The Bertz CT molecular complexity index is 392. The van der Waals surface area contributed by atoms with Crippen LogP contribution in [0.2, 0.25) is 0 Å². The molecule has 4 aliphatic carbocycles. The van der Waals surface area contributed by atoms with Crippen molar-refractivity contribution in [1.29, 1.82) is 0 Å². The molecule has 0 aromatic heterocycles. The summed E-state index contributed by atoms with van der Waals surface area (Å²) >= 11 is 0. The van der Waals surface area contributed by atoms with Gasteiger partial charge in [-0.25, -0.2) is 4.79 Å². The minimum atomic E-state index is -0.707. The van der Waals surface area contributed by atoms with Gasteiger partial charge in [0.05, 0.1) is 5.41 Å². The van der Waals surface area contributed by atoms with Gasteiger partial charge in [0, 0.05) is 13.5 Å². The lowest BCUT2D eigenvalue weighted by Gasteiger charge is -2.59. The lowest BCUT2D eigenvalue weighted by Crippen LogP contribution is -2.60. The summed E-state index contributed by atoms with van der Waals surface area (Å²) in [7, 11) is 1.54. The number of carbonyl (C=O) groups excluding carboxylic acids is 1. The molecule has 100 valence electrons. The molecule has 2 unspecified atom stereocenters. The second-order valence-electron chi connectivity index (χ2n) is 6.37. The SMILES string of the molecule is CNC(=O)OC12CC3CC(C1)CC(C(=O)O)(C3)C2. The molecule has 4 bridgehead atoms. The Hall–Kier alpha value is -1.26. The maximum atomic E-state index is 11.6. The Balaban J connectivity index is 1.89. The first-order valence-corrected chi connectivity index (χ1v) is 6.61. The lowest BCUT2D eigenvalue weighted by atomic mass is 9.48. The molecule has 2 atom stereocenters. The third-order valence-corrected chi connectivity index (χ3v) is 4.97. The highest BCUT2D eigenvalue weighted by Crippen LogP contribution is 2.62. The van der Waals surface area contributed by atoms with Gasteiger partial charge in [-0.3, -0.25) is 4.79 Å². The first kappa shape index (κ1) is 11.8. The van der Waals surface area contributed by atoms with E-state index in [0.29, 0.717) is 18.3 Å².